The van der Waals surface area contributed by atoms with Gasteiger partial charge >= 0.3 is 0 Å². The van der Waals surface area contributed by atoms with Crippen molar-refractivity contribution in [3.63, 3.8) is 0 Å². The van der Waals surface area contributed by atoms with Gasteiger partial charge < -0.3 is 4.90 Å². The van der Waals surface area contributed by atoms with Gasteiger partial charge in [0.15, 0.2) is 0 Å². The molecule has 0 radical (unpaired) electrons. The molecule has 25 heavy (non-hydrogen) atoms. The Morgan fingerprint density at radius 1 is 1.08 bits per heavy atom. The molecule has 0 spiro atoms. The minimum Gasteiger partial charge on any atom is -0.338 e. The van der Waals surface area contributed by atoms with Crippen LogP contribution < -0.4 is 0 Å². The highest BCUT2D eigenvalue weighted by molar-refractivity contribution is 5.94. The normalized spacial score (nSPS) is 17.4. The molecule has 0 saturated carbocycles. The number of carbonyl (C=O) groups is 1. The summed E-state index contributed by atoms with van der Waals surface area (Å²) in [5, 5.41) is 0. The zero-order chi connectivity index (χ0) is 17.1. The van der Waals surface area contributed by atoms with Crippen LogP contribution in [0.25, 0.3) is 5.82 Å². The molecule has 1 atom stereocenters. The second-order valence-electron chi connectivity index (χ2n) is 6.35. The van der Waals surface area contributed by atoms with Gasteiger partial charge in [0.25, 0.3) is 5.91 Å². The number of pyridine rings is 1. The molecule has 0 N–H and O–H groups in total. The van der Waals surface area contributed by atoms with Crippen molar-refractivity contribution >= 4 is 5.91 Å². The highest BCUT2D eigenvalue weighted by Gasteiger charge is 2.26. The van der Waals surface area contributed by atoms with Gasteiger partial charge in [-0.3, -0.25) is 9.36 Å². The molecule has 2 aromatic heterocycles. The Labute approximate surface area is 147 Å². The summed E-state index contributed by atoms with van der Waals surface area (Å²) < 4.78 is 1.90. The number of amides is 1. The van der Waals surface area contributed by atoms with Crippen LogP contribution in [-0.2, 0) is 0 Å². The van der Waals surface area contributed by atoms with E-state index in [0.717, 1.165) is 36.5 Å². The number of benzene rings is 1. The third-order valence-electron chi connectivity index (χ3n) is 4.67. The maximum atomic E-state index is 12.7. The maximum absolute atomic E-state index is 12.7. The van der Waals surface area contributed by atoms with Gasteiger partial charge in [0.2, 0.25) is 0 Å². The fourth-order valence-corrected chi connectivity index (χ4v) is 3.37. The van der Waals surface area contributed by atoms with Gasteiger partial charge in [0.05, 0.1) is 0 Å². The van der Waals surface area contributed by atoms with Gasteiger partial charge in [-0.05, 0) is 37.1 Å². The largest absolute Gasteiger partial charge is 0.338 e. The second-order valence-corrected chi connectivity index (χ2v) is 6.35. The van der Waals surface area contributed by atoms with Gasteiger partial charge in [-0.1, -0.05) is 24.3 Å². The van der Waals surface area contributed by atoms with Gasteiger partial charge in [0.1, 0.15) is 12.1 Å². The zero-order valence-electron chi connectivity index (χ0n) is 14.0. The van der Waals surface area contributed by atoms with Crippen molar-refractivity contribution in [3.8, 4) is 5.82 Å². The molecule has 1 aliphatic heterocycles. The van der Waals surface area contributed by atoms with E-state index in [1.807, 2.05) is 58.1 Å². The third kappa shape index (κ3) is 3.31. The standard InChI is InChI=1S/C20H20N4O/c25-20(16-6-2-1-3-7-16)23-12-5-8-17(14-23)18-9-4-10-19(22-18)24-13-11-21-15-24/h1-4,6-7,9-11,13,15,17H,5,8,12,14H2. The molecule has 126 valence electrons. The van der Waals surface area contributed by atoms with E-state index in [2.05, 4.69) is 11.1 Å². The number of hydrogen-bond donors (Lipinski definition) is 0. The lowest BCUT2D eigenvalue weighted by atomic mass is 9.93. The average molecular weight is 332 g/mol. The predicted molar refractivity (Wildman–Crippen MR) is 95.7 cm³/mol. The second kappa shape index (κ2) is 6.89. The van der Waals surface area contributed by atoms with Crippen LogP contribution in [-0.4, -0.2) is 38.4 Å². The molecule has 5 nitrogen and oxygen atoms in total. The van der Waals surface area contributed by atoms with Crippen LogP contribution in [0.15, 0.2) is 67.3 Å². The minimum absolute atomic E-state index is 0.107. The molecular weight excluding hydrogens is 312 g/mol. The molecule has 3 heterocycles. The SMILES string of the molecule is O=C(c1ccccc1)N1CCCC(c2cccc(-n3ccnc3)n2)C1. The monoisotopic (exact) mass is 332 g/mol. The van der Waals surface area contributed by atoms with Crippen molar-refractivity contribution in [3.05, 3.63) is 78.5 Å². The number of imidazole rings is 1. The highest BCUT2D eigenvalue weighted by Crippen LogP contribution is 2.27. The lowest BCUT2D eigenvalue weighted by Crippen LogP contribution is -2.39. The van der Waals surface area contributed by atoms with Crippen molar-refractivity contribution in [1.29, 1.82) is 0 Å². The number of carbonyl (C=O) groups excluding carboxylic acids is 1. The molecule has 0 aliphatic carbocycles. The number of likely N-dealkylation sites (tertiary alicyclic amines) is 1. The van der Waals surface area contributed by atoms with E-state index < -0.39 is 0 Å². The lowest BCUT2D eigenvalue weighted by molar-refractivity contribution is 0.0706. The van der Waals surface area contributed by atoms with E-state index >= 15 is 0 Å². The van der Waals surface area contributed by atoms with Crippen LogP contribution in [0.2, 0.25) is 0 Å². The number of nitrogens with zero attached hydrogens (tertiary/aromatic N) is 4. The van der Waals surface area contributed by atoms with Crippen LogP contribution in [0.5, 0.6) is 0 Å². The Morgan fingerprint density at radius 2 is 1.96 bits per heavy atom. The number of rotatable bonds is 3. The molecule has 3 aromatic rings. The Morgan fingerprint density at radius 3 is 2.76 bits per heavy atom. The first-order chi connectivity index (χ1) is 12.3. The van der Waals surface area contributed by atoms with Crippen molar-refractivity contribution in [2.45, 2.75) is 18.8 Å². The first-order valence-electron chi connectivity index (χ1n) is 8.61. The van der Waals surface area contributed by atoms with E-state index in [1.54, 1.807) is 12.5 Å². The smallest absolute Gasteiger partial charge is 0.253 e. The molecule has 1 aliphatic rings. The highest BCUT2D eigenvalue weighted by atomic mass is 16.2. The van der Waals surface area contributed by atoms with Crippen molar-refractivity contribution in [1.82, 2.24) is 19.4 Å². The van der Waals surface area contributed by atoms with Crippen molar-refractivity contribution in [2.75, 3.05) is 13.1 Å². The van der Waals surface area contributed by atoms with E-state index in [0.29, 0.717) is 6.54 Å². The van der Waals surface area contributed by atoms with Crippen molar-refractivity contribution < 1.29 is 4.79 Å². The van der Waals surface area contributed by atoms with E-state index in [9.17, 15) is 4.79 Å². The molecule has 1 saturated heterocycles. The van der Waals surface area contributed by atoms with E-state index in [4.69, 9.17) is 4.98 Å². The van der Waals surface area contributed by atoms with Gasteiger partial charge in [-0.2, -0.15) is 0 Å². The molecule has 1 amide bonds. The Bertz CT molecular complexity index is 845. The summed E-state index contributed by atoms with van der Waals surface area (Å²) in [4.78, 5) is 23.5. The predicted octanol–water partition coefficient (Wildman–Crippen LogP) is 3.29. The fourth-order valence-electron chi connectivity index (χ4n) is 3.37. The molecular formula is C20H20N4O. The average Bonchev–Trinajstić information content (AvgIpc) is 3.23. The lowest BCUT2D eigenvalue weighted by Gasteiger charge is -2.32. The molecule has 1 fully saturated rings. The van der Waals surface area contributed by atoms with E-state index in [1.165, 1.54) is 0 Å². The number of aromatic nitrogens is 3. The Balaban J connectivity index is 1.54. The molecule has 0 bridgehead atoms. The number of hydrogen-bond acceptors (Lipinski definition) is 3. The first-order valence-corrected chi connectivity index (χ1v) is 8.61. The summed E-state index contributed by atoms with van der Waals surface area (Å²) in [5.74, 6) is 1.24. The molecule has 1 unspecified atom stereocenters. The zero-order valence-corrected chi connectivity index (χ0v) is 14.0. The van der Waals surface area contributed by atoms with Crippen LogP contribution >= 0.6 is 0 Å². The molecule has 1 aromatic carbocycles. The van der Waals surface area contributed by atoms with Crippen LogP contribution in [0.4, 0.5) is 0 Å². The van der Waals surface area contributed by atoms with E-state index in [-0.39, 0.29) is 11.8 Å². The summed E-state index contributed by atoms with van der Waals surface area (Å²) in [7, 11) is 0. The number of piperidine rings is 1. The summed E-state index contributed by atoms with van der Waals surface area (Å²) in [6.45, 7) is 1.53. The summed E-state index contributed by atoms with van der Waals surface area (Å²) in [5.41, 5.74) is 1.79. The fraction of sp³-hybridized carbons (Fsp3) is 0.250. The van der Waals surface area contributed by atoms with Crippen LogP contribution in [0.1, 0.15) is 34.8 Å². The molecule has 5 heteroatoms. The van der Waals surface area contributed by atoms with Crippen LogP contribution in [0.3, 0.4) is 0 Å². The van der Waals surface area contributed by atoms with Crippen LogP contribution in [0, 0.1) is 0 Å². The minimum atomic E-state index is 0.107. The Kier molecular flexibility index (Phi) is 4.29. The van der Waals surface area contributed by atoms with Gasteiger partial charge in [-0.25, -0.2) is 9.97 Å². The first kappa shape index (κ1) is 15.6. The summed E-state index contributed by atoms with van der Waals surface area (Å²) >= 11 is 0. The quantitative estimate of drug-likeness (QED) is 0.739. The van der Waals surface area contributed by atoms with Gasteiger partial charge in [0, 0.05) is 42.7 Å². The Hall–Kier alpha value is -2.95. The topological polar surface area (TPSA) is 51.0 Å². The summed E-state index contributed by atoms with van der Waals surface area (Å²) in [6.07, 6.45) is 7.44. The summed E-state index contributed by atoms with van der Waals surface area (Å²) in [6, 6.07) is 15.6. The van der Waals surface area contributed by atoms with Crippen molar-refractivity contribution in [2.24, 2.45) is 0 Å². The molecule has 4 rings (SSSR count). The maximum Gasteiger partial charge on any atom is 0.253 e. The third-order valence-corrected chi connectivity index (χ3v) is 4.67. The van der Waals surface area contributed by atoms with Gasteiger partial charge in [-0.15, -0.1) is 0 Å².